The van der Waals surface area contributed by atoms with Crippen LogP contribution in [0.2, 0.25) is 0 Å². The Bertz CT molecular complexity index is 163. The van der Waals surface area contributed by atoms with Gasteiger partial charge in [0.2, 0.25) is 0 Å². The maximum absolute atomic E-state index is 9.20. The zero-order valence-electron chi connectivity index (χ0n) is 8.68. The van der Waals surface area contributed by atoms with Crippen LogP contribution < -0.4 is 5.73 Å². The van der Waals surface area contributed by atoms with Gasteiger partial charge >= 0.3 is 0 Å². The SMILES string of the molecule is N[C@@H]1[C@@H](O)[C@H](O)[C@@H](CO)O[C@@H]1O.[Ac].[Ac].[Ac].[Ac]. The molecule has 1 aliphatic heterocycles. The van der Waals surface area contributed by atoms with E-state index in [4.69, 9.17) is 20.7 Å². The van der Waals surface area contributed by atoms with Crippen molar-refractivity contribution in [3.63, 3.8) is 0 Å². The van der Waals surface area contributed by atoms with Crippen LogP contribution in [0.4, 0.5) is 0 Å². The second kappa shape index (κ2) is 15.4. The van der Waals surface area contributed by atoms with Crippen molar-refractivity contribution in [2.24, 2.45) is 5.73 Å². The summed E-state index contributed by atoms with van der Waals surface area (Å²) in [6, 6.07) is -1.04. The first-order valence-electron chi connectivity index (χ1n) is 3.64. The van der Waals surface area contributed by atoms with Crippen LogP contribution in [0, 0.1) is 176 Å². The van der Waals surface area contributed by atoms with Crippen LogP contribution in [0.5, 0.6) is 0 Å². The van der Waals surface area contributed by atoms with Gasteiger partial charge in [-0.05, 0) is 0 Å². The Morgan fingerprint density at radius 1 is 0.938 bits per heavy atom. The fourth-order valence-electron chi connectivity index (χ4n) is 1.12. The minimum absolute atomic E-state index is 0. The van der Waals surface area contributed by atoms with Crippen molar-refractivity contribution in [3.05, 3.63) is 0 Å². The van der Waals surface area contributed by atoms with E-state index in [1.165, 1.54) is 0 Å². The summed E-state index contributed by atoms with van der Waals surface area (Å²) in [5.41, 5.74) is 5.26. The second-order valence-electron chi connectivity index (χ2n) is 2.81. The van der Waals surface area contributed by atoms with Crippen molar-refractivity contribution in [2.45, 2.75) is 30.6 Å². The standard InChI is InChI=1S/C6H13NO5.4Ac/c7-3-5(10)4(9)2(1-8)12-6(3)11;;;;/h2-6,8-11H,1,7H2;;;;/t2-,3-,4-,5-,6+;;;;/m1..../s1. The van der Waals surface area contributed by atoms with Gasteiger partial charge < -0.3 is 30.9 Å². The molecule has 0 unspecified atom stereocenters. The van der Waals surface area contributed by atoms with Crippen LogP contribution in [-0.4, -0.2) is 57.7 Å². The second-order valence-corrected chi connectivity index (χ2v) is 2.81. The van der Waals surface area contributed by atoms with Crippen molar-refractivity contribution in [1.29, 1.82) is 0 Å². The van der Waals surface area contributed by atoms with Gasteiger partial charge in [0.05, 0.1) is 12.6 Å². The molecular formula is C6H13Ac4NO5. The maximum atomic E-state index is 9.20. The van der Waals surface area contributed by atoms with Gasteiger partial charge in [-0.15, -0.1) is 0 Å². The zero-order chi connectivity index (χ0) is 9.30. The van der Waals surface area contributed by atoms with Crippen molar-refractivity contribution in [3.8, 4) is 0 Å². The van der Waals surface area contributed by atoms with Crippen LogP contribution in [0.15, 0.2) is 0 Å². The van der Waals surface area contributed by atoms with E-state index < -0.39 is 37.3 Å². The Balaban J connectivity index is -0.000000180. The summed E-state index contributed by atoms with van der Waals surface area (Å²) in [5, 5.41) is 36.1. The predicted molar refractivity (Wildman–Crippen MR) is 38.0 cm³/mol. The molecule has 0 saturated carbocycles. The molecule has 0 aromatic rings. The minimum atomic E-state index is -1.35. The number of hydrogen-bond donors (Lipinski definition) is 5. The van der Waals surface area contributed by atoms with Crippen molar-refractivity contribution in [1.82, 2.24) is 0 Å². The molecule has 0 aromatic heterocycles. The summed E-state index contributed by atoms with van der Waals surface area (Å²) in [4.78, 5) is 0. The van der Waals surface area contributed by atoms with Gasteiger partial charge in [0.25, 0.3) is 0 Å². The molecule has 0 aliphatic carbocycles. The molecule has 1 heterocycles. The quantitative estimate of drug-likeness (QED) is 0.189. The van der Waals surface area contributed by atoms with E-state index in [9.17, 15) is 10.2 Å². The van der Waals surface area contributed by atoms with Crippen LogP contribution in [0.1, 0.15) is 0 Å². The molecule has 1 rings (SSSR count). The topological polar surface area (TPSA) is 116 Å². The third-order valence-corrected chi connectivity index (χ3v) is 1.95. The predicted octanol–water partition coefficient (Wildman–Crippen LogP) is -3.26. The van der Waals surface area contributed by atoms with Gasteiger partial charge in [-0.25, -0.2) is 0 Å². The molecule has 4 radical (unpaired) electrons. The first kappa shape index (κ1) is 29.5. The molecule has 6 nitrogen and oxygen atoms in total. The van der Waals surface area contributed by atoms with Crippen LogP contribution in [0.25, 0.3) is 0 Å². The van der Waals surface area contributed by atoms with Gasteiger partial charge in [-0.3, -0.25) is 0 Å². The smallest absolute Gasteiger partial charge is 0.173 e. The molecule has 0 aromatic carbocycles. The fourth-order valence-corrected chi connectivity index (χ4v) is 1.12. The number of ether oxygens (including phenoxy) is 1. The van der Waals surface area contributed by atoms with E-state index in [-0.39, 0.29) is 176 Å². The Labute approximate surface area is 237 Å². The molecule has 1 fully saturated rings. The van der Waals surface area contributed by atoms with Crippen LogP contribution in [-0.2, 0) is 4.74 Å². The van der Waals surface area contributed by atoms with E-state index in [1.807, 2.05) is 0 Å². The van der Waals surface area contributed by atoms with Gasteiger partial charge in [0.15, 0.2) is 6.29 Å². The summed E-state index contributed by atoms with van der Waals surface area (Å²) in [7, 11) is 0. The van der Waals surface area contributed by atoms with E-state index in [0.29, 0.717) is 0 Å². The average Bonchev–Trinajstić information content (AvgIpc) is 2.08. The molecule has 0 bridgehead atoms. The van der Waals surface area contributed by atoms with Gasteiger partial charge in [-0.2, -0.15) is 0 Å². The summed E-state index contributed by atoms with van der Waals surface area (Å²) >= 11 is 0. The largest absolute Gasteiger partial charge is 0.394 e. The zero-order valence-corrected chi connectivity index (χ0v) is 27.7. The number of nitrogens with two attached hydrogens (primary N) is 1. The van der Waals surface area contributed by atoms with E-state index in [0.717, 1.165) is 0 Å². The van der Waals surface area contributed by atoms with Crippen molar-refractivity contribution in [2.75, 3.05) is 6.61 Å². The normalized spacial score (nSPS) is 36.9. The molecule has 0 amide bonds. The number of aliphatic hydroxyl groups excluding tert-OH is 4. The third-order valence-electron chi connectivity index (χ3n) is 1.95. The van der Waals surface area contributed by atoms with Gasteiger partial charge in [0.1, 0.15) is 18.3 Å². The van der Waals surface area contributed by atoms with E-state index in [2.05, 4.69) is 0 Å². The van der Waals surface area contributed by atoms with Crippen LogP contribution >= 0.6 is 0 Å². The summed E-state index contributed by atoms with van der Waals surface area (Å²) < 4.78 is 4.70. The Kier molecular flexibility index (Phi) is 28.5. The molecular weight excluding hydrogens is 1070 g/mol. The summed E-state index contributed by atoms with van der Waals surface area (Å²) in [6.07, 6.45) is -4.85. The minimum Gasteiger partial charge on any atom is -0.394 e. The molecule has 16 heavy (non-hydrogen) atoms. The molecule has 1 saturated heterocycles. The Morgan fingerprint density at radius 2 is 1.38 bits per heavy atom. The maximum Gasteiger partial charge on any atom is 0.173 e. The van der Waals surface area contributed by atoms with E-state index in [1.54, 1.807) is 0 Å². The summed E-state index contributed by atoms with van der Waals surface area (Å²) in [5.74, 6) is 0. The summed E-state index contributed by atoms with van der Waals surface area (Å²) in [6.45, 7) is -0.470. The fraction of sp³-hybridized carbons (Fsp3) is 1.00. The molecule has 84 valence electrons. The van der Waals surface area contributed by atoms with Crippen LogP contribution in [0.3, 0.4) is 0 Å². The van der Waals surface area contributed by atoms with Gasteiger partial charge in [0, 0.05) is 176 Å². The monoisotopic (exact) mass is 1090 g/mol. The molecule has 10 heteroatoms. The Hall–Kier alpha value is 5.53. The number of rotatable bonds is 1. The average molecular weight is 1090 g/mol. The Morgan fingerprint density at radius 3 is 1.75 bits per heavy atom. The van der Waals surface area contributed by atoms with Gasteiger partial charge in [-0.1, -0.05) is 0 Å². The van der Waals surface area contributed by atoms with Crippen molar-refractivity contribution < 1.29 is 201 Å². The first-order valence-corrected chi connectivity index (χ1v) is 3.64. The third kappa shape index (κ3) is 8.85. The first-order chi connectivity index (χ1) is 5.57. The van der Waals surface area contributed by atoms with Crippen molar-refractivity contribution >= 4 is 0 Å². The number of hydrogen-bond acceptors (Lipinski definition) is 6. The molecule has 6 N–H and O–H groups in total. The molecule has 5 atom stereocenters. The molecule has 1 aliphatic rings. The molecule has 0 spiro atoms. The number of aliphatic hydroxyl groups is 4. The van der Waals surface area contributed by atoms with E-state index >= 15 is 0 Å².